The van der Waals surface area contributed by atoms with Gasteiger partial charge in [-0.15, -0.1) is 0 Å². The van der Waals surface area contributed by atoms with Crippen molar-refractivity contribution in [3.8, 4) is 0 Å². The van der Waals surface area contributed by atoms with Crippen LogP contribution in [-0.4, -0.2) is 77.9 Å². The maximum absolute atomic E-state index is 13.5. The van der Waals surface area contributed by atoms with Gasteiger partial charge in [-0.05, 0) is 74.7 Å². The Morgan fingerprint density at radius 1 is 0.975 bits per heavy atom. The zero-order chi connectivity index (χ0) is 28.6. The summed E-state index contributed by atoms with van der Waals surface area (Å²) in [6.07, 6.45) is 4.14. The highest BCUT2D eigenvalue weighted by molar-refractivity contribution is 5.96. The van der Waals surface area contributed by atoms with E-state index in [4.69, 9.17) is 5.41 Å². The number of benzene rings is 2. The first-order valence-electron chi connectivity index (χ1n) is 14.3. The highest BCUT2D eigenvalue weighted by Gasteiger charge is 2.33. The molecule has 9 nitrogen and oxygen atoms in total. The first kappa shape index (κ1) is 29.3. The van der Waals surface area contributed by atoms with Gasteiger partial charge in [0.2, 0.25) is 5.91 Å². The van der Waals surface area contributed by atoms with E-state index in [1.807, 2.05) is 30.0 Å². The lowest BCUT2D eigenvalue weighted by atomic mass is 10.00. The second kappa shape index (κ2) is 13.6. The van der Waals surface area contributed by atoms with Gasteiger partial charge in [-0.2, -0.15) is 0 Å². The summed E-state index contributed by atoms with van der Waals surface area (Å²) in [5.41, 5.74) is 2.78. The predicted octanol–water partition coefficient (Wildman–Crippen LogP) is 5.17. The number of halogens is 1. The number of hydrogen-bond acceptors (Lipinski definition) is 4. The third-order valence-electron chi connectivity index (χ3n) is 7.80. The van der Waals surface area contributed by atoms with Crippen molar-refractivity contribution in [1.82, 2.24) is 14.7 Å². The van der Waals surface area contributed by atoms with Crippen molar-refractivity contribution in [2.45, 2.75) is 52.5 Å². The van der Waals surface area contributed by atoms with Gasteiger partial charge in [-0.25, -0.2) is 9.18 Å². The Morgan fingerprint density at radius 2 is 1.68 bits per heavy atom. The van der Waals surface area contributed by atoms with Gasteiger partial charge >= 0.3 is 6.03 Å². The fraction of sp³-hybridized carbons (Fsp3) is 0.500. The maximum atomic E-state index is 13.5. The molecular formula is C30H42FN7O2. The van der Waals surface area contributed by atoms with E-state index in [0.29, 0.717) is 31.7 Å². The smallest absolute Gasteiger partial charge is 0.321 e. The molecule has 2 saturated heterocycles. The van der Waals surface area contributed by atoms with Gasteiger partial charge in [0, 0.05) is 49.7 Å². The number of likely N-dealkylation sites (tertiary alicyclic amines) is 1. The molecule has 2 aliphatic heterocycles. The molecule has 216 valence electrons. The normalized spacial score (nSPS) is 18.0. The van der Waals surface area contributed by atoms with Crippen molar-refractivity contribution in [1.29, 1.82) is 5.41 Å². The highest BCUT2D eigenvalue weighted by Crippen LogP contribution is 2.25. The van der Waals surface area contributed by atoms with E-state index in [-0.39, 0.29) is 29.9 Å². The third kappa shape index (κ3) is 7.71. The molecular weight excluding hydrogens is 509 g/mol. The molecule has 0 bridgehead atoms. The molecule has 0 aromatic heterocycles. The highest BCUT2D eigenvalue weighted by atomic mass is 19.1. The van der Waals surface area contributed by atoms with E-state index in [9.17, 15) is 14.0 Å². The van der Waals surface area contributed by atoms with Crippen molar-refractivity contribution in [3.05, 3.63) is 53.8 Å². The molecule has 1 atom stereocenters. The number of nitrogens with zero attached hydrogens (tertiary/aromatic N) is 3. The lowest BCUT2D eigenvalue weighted by molar-refractivity contribution is -0.116. The molecule has 0 radical (unpaired) electrons. The van der Waals surface area contributed by atoms with Gasteiger partial charge in [-0.1, -0.05) is 32.4 Å². The molecule has 2 fully saturated rings. The molecule has 40 heavy (non-hydrogen) atoms. The zero-order valence-electron chi connectivity index (χ0n) is 23.8. The van der Waals surface area contributed by atoms with E-state index in [0.717, 1.165) is 36.6 Å². The average molecular weight is 552 g/mol. The van der Waals surface area contributed by atoms with Crippen LogP contribution < -0.4 is 16.0 Å². The first-order valence-corrected chi connectivity index (χ1v) is 14.3. The number of nitrogens with one attached hydrogen (secondary N) is 4. The maximum Gasteiger partial charge on any atom is 0.321 e. The quantitative estimate of drug-likeness (QED) is 0.281. The van der Waals surface area contributed by atoms with E-state index in [2.05, 4.69) is 34.7 Å². The summed E-state index contributed by atoms with van der Waals surface area (Å²) in [7, 11) is 0. The van der Waals surface area contributed by atoms with Gasteiger partial charge in [0.15, 0.2) is 5.96 Å². The lowest BCUT2D eigenvalue weighted by Gasteiger charge is -2.44. The zero-order valence-corrected chi connectivity index (χ0v) is 23.8. The molecule has 4 N–H and O–H groups in total. The van der Waals surface area contributed by atoms with Gasteiger partial charge < -0.3 is 30.7 Å². The number of piperidine rings is 1. The first-order chi connectivity index (χ1) is 19.2. The molecule has 2 aromatic carbocycles. The van der Waals surface area contributed by atoms with Crippen LogP contribution in [0.2, 0.25) is 0 Å². The average Bonchev–Trinajstić information content (AvgIpc) is 2.94. The summed E-state index contributed by atoms with van der Waals surface area (Å²) >= 11 is 0. The fourth-order valence-corrected chi connectivity index (χ4v) is 5.37. The summed E-state index contributed by atoms with van der Waals surface area (Å²) in [6, 6.07) is 11.1. The molecule has 2 aromatic rings. The lowest BCUT2D eigenvalue weighted by Crippen LogP contribution is -2.60. The Labute approximate surface area is 236 Å². The second-order valence-corrected chi connectivity index (χ2v) is 11.0. The number of amides is 3. The molecule has 1 unspecified atom stereocenters. The Balaban J connectivity index is 1.34. The number of piperazine rings is 1. The minimum Gasteiger partial charge on any atom is -0.336 e. The number of carbonyl (C=O) groups excluding carboxylic acids is 2. The third-order valence-corrected chi connectivity index (χ3v) is 7.80. The van der Waals surface area contributed by atoms with Crippen molar-refractivity contribution in [2.24, 2.45) is 5.92 Å². The molecule has 0 aliphatic carbocycles. The van der Waals surface area contributed by atoms with Crippen molar-refractivity contribution in [3.63, 3.8) is 0 Å². The van der Waals surface area contributed by atoms with Gasteiger partial charge in [0.25, 0.3) is 0 Å². The molecule has 0 spiro atoms. The predicted molar refractivity (Wildman–Crippen MR) is 158 cm³/mol. The van der Waals surface area contributed by atoms with Crippen LogP contribution in [0.25, 0.3) is 0 Å². The summed E-state index contributed by atoms with van der Waals surface area (Å²) < 4.78 is 13.5. The van der Waals surface area contributed by atoms with Crippen LogP contribution in [0.5, 0.6) is 0 Å². The van der Waals surface area contributed by atoms with Gasteiger partial charge in [-0.3, -0.25) is 10.2 Å². The number of anilines is 3. The van der Waals surface area contributed by atoms with Crippen LogP contribution in [0.15, 0.2) is 42.5 Å². The van der Waals surface area contributed by atoms with E-state index < -0.39 is 5.82 Å². The van der Waals surface area contributed by atoms with Crippen molar-refractivity contribution >= 4 is 35.0 Å². The SMILES string of the molecule is Cc1c(NC(=N)N2CCN(C(=O)Nc3cccc(F)c3)CC2C(C)C)cccc1NC(=O)CCN1CCCCC1. The molecule has 0 saturated carbocycles. The van der Waals surface area contributed by atoms with E-state index >= 15 is 0 Å². The van der Waals surface area contributed by atoms with Crippen LogP contribution in [0, 0.1) is 24.1 Å². The number of rotatable bonds is 7. The molecule has 3 amide bonds. The van der Waals surface area contributed by atoms with Crippen molar-refractivity contribution in [2.75, 3.05) is 55.2 Å². The number of urea groups is 1. The Hall–Kier alpha value is -3.66. The summed E-state index contributed by atoms with van der Waals surface area (Å²) in [5.74, 6) is 0.0195. The Kier molecular flexibility index (Phi) is 9.98. The van der Waals surface area contributed by atoms with Crippen LogP contribution in [0.4, 0.5) is 26.2 Å². The van der Waals surface area contributed by atoms with Crippen LogP contribution in [0.3, 0.4) is 0 Å². The molecule has 10 heteroatoms. The standard InChI is InChI=1S/C30H42FN7O2/c1-21(2)27-20-37(30(40)33-24-10-7-9-23(31)19-24)17-18-38(27)29(32)35-26-12-8-11-25(22(26)3)34-28(39)13-16-36-14-5-4-6-15-36/h7-12,19,21,27H,4-6,13-18,20H2,1-3H3,(H2,32,35)(H,33,40)(H,34,39). The van der Waals surface area contributed by atoms with Crippen molar-refractivity contribution < 1.29 is 14.0 Å². The number of carbonyl (C=O) groups is 2. The summed E-state index contributed by atoms with van der Waals surface area (Å²) in [5, 5.41) is 17.9. The largest absolute Gasteiger partial charge is 0.336 e. The summed E-state index contributed by atoms with van der Waals surface area (Å²) in [4.78, 5) is 31.6. The number of hydrogen-bond donors (Lipinski definition) is 4. The molecule has 4 rings (SSSR count). The second-order valence-electron chi connectivity index (χ2n) is 11.0. The van der Waals surface area contributed by atoms with Crippen LogP contribution >= 0.6 is 0 Å². The van der Waals surface area contributed by atoms with E-state index in [1.54, 1.807) is 17.0 Å². The topological polar surface area (TPSA) is 104 Å². The summed E-state index contributed by atoms with van der Waals surface area (Å²) in [6.45, 7) is 10.3. The Bertz CT molecular complexity index is 1200. The number of guanidine groups is 1. The molecule has 2 heterocycles. The minimum atomic E-state index is -0.404. The van der Waals surface area contributed by atoms with Gasteiger partial charge in [0.05, 0.1) is 6.04 Å². The van der Waals surface area contributed by atoms with Crippen LogP contribution in [0.1, 0.15) is 45.1 Å². The van der Waals surface area contributed by atoms with E-state index in [1.165, 1.54) is 31.4 Å². The monoisotopic (exact) mass is 551 g/mol. The van der Waals surface area contributed by atoms with Gasteiger partial charge in [0.1, 0.15) is 5.82 Å². The minimum absolute atomic E-state index is 0.00610. The fourth-order valence-electron chi connectivity index (χ4n) is 5.37. The van der Waals surface area contributed by atoms with Crippen LogP contribution in [-0.2, 0) is 4.79 Å². The Morgan fingerprint density at radius 3 is 2.38 bits per heavy atom. The molecule has 2 aliphatic rings.